The van der Waals surface area contributed by atoms with Crippen LogP contribution in [0.15, 0.2) is 24.3 Å². The molecule has 1 aromatic rings. The number of aliphatic hydroxyl groups excluding tert-OH is 1. The Hall–Kier alpha value is -1.37. The van der Waals surface area contributed by atoms with Crippen LogP contribution in [0.4, 0.5) is 0 Å². The van der Waals surface area contributed by atoms with Gasteiger partial charge < -0.3 is 10.4 Å². The highest BCUT2D eigenvalue weighted by Gasteiger charge is 2.09. The van der Waals surface area contributed by atoms with E-state index in [1.54, 1.807) is 0 Å². The van der Waals surface area contributed by atoms with E-state index in [-0.39, 0.29) is 12.6 Å². The van der Waals surface area contributed by atoms with E-state index in [1.165, 1.54) is 0 Å². The van der Waals surface area contributed by atoms with Crippen molar-refractivity contribution in [2.24, 2.45) is 5.92 Å². The summed E-state index contributed by atoms with van der Waals surface area (Å²) < 4.78 is 0. The van der Waals surface area contributed by atoms with Gasteiger partial charge in [-0.1, -0.05) is 25.5 Å². The standard InChI is InChI=1S/C15H22N2O/c1-3-13(7-8-18)11-17-12(2)15-6-4-5-14(9-15)10-16/h4-6,9,12-13,17-18H,3,7-8,11H2,1-2H3. The van der Waals surface area contributed by atoms with E-state index >= 15 is 0 Å². The largest absolute Gasteiger partial charge is 0.396 e. The Balaban J connectivity index is 2.54. The maximum Gasteiger partial charge on any atom is 0.0991 e. The topological polar surface area (TPSA) is 56.0 Å². The summed E-state index contributed by atoms with van der Waals surface area (Å²) >= 11 is 0. The first-order valence-corrected chi connectivity index (χ1v) is 6.55. The number of nitriles is 1. The molecule has 2 atom stereocenters. The first kappa shape index (κ1) is 14.7. The highest BCUT2D eigenvalue weighted by atomic mass is 16.3. The van der Waals surface area contributed by atoms with E-state index in [2.05, 4.69) is 25.2 Å². The molecule has 18 heavy (non-hydrogen) atoms. The van der Waals surface area contributed by atoms with Crippen LogP contribution in [0.25, 0.3) is 0 Å². The molecule has 0 saturated carbocycles. The lowest BCUT2D eigenvalue weighted by Gasteiger charge is -2.19. The fourth-order valence-electron chi connectivity index (χ4n) is 1.97. The lowest BCUT2D eigenvalue weighted by molar-refractivity contribution is 0.249. The van der Waals surface area contributed by atoms with Crippen molar-refractivity contribution in [2.45, 2.75) is 32.7 Å². The molecule has 3 heteroatoms. The predicted molar refractivity (Wildman–Crippen MR) is 73.1 cm³/mol. The van der Waals surface area contributed by atoms with E-state index in [1.807, 2.05) is 24.3 Å². The van der Waals surface area contributed by atoms with Crippen LogP contribution < -0.4 is 5.32 Å². The zero-order chi connectivity index (χ0) is 13.4. The molecule has 1 rings (SSSR count). The molecular formula is C15H22N2O. The SMILES string of the molecule is CCC(CCO)CNC(C)c1cccc(C#N)c1. The van der Waals surface area contributed by atoms with Gasteiger partial charge in [0.15, 0.2) is 0 Å². The lowest BCUT2D eigenvalue weighted by atomic mass is 10.0. The van der Waals surface area contributed by atoms with Crippen molar-refractivity contribution in [3.05, 3.63) is 35.4 Å². The third-order valence-electron chi connectivity index (χ3n) is 3.34. The van der Waals surface area contributed by atoms with Crippen molar-refractivity contribution in [1.29, 1.82) is 5.26 Å². The van der Waals surface area contributed by atoms with Crippen molar-refractivity contribution in [3.63, 3.8) is 0 Å². The van der Waals surface area contributed by atoms with Gasteiger partial charge >= 0.3 is 0 Å². The second-order valence-electron chi connectivity index (χ2n) is 4.65. The Morgan fingerprint density at radius 1 is 1.44 bits per heavy atom. The zero-order valence-corrected chi connectivity index (χ0v) is 11.2. The van der Waals surface area contributed by atoms with Gasteiger partial charge in [0.05, 0.1) is 11.6 Å². The summed E-state index contributed by atoms with van der Waals surface area (Å²) in [5, 5.41) is 21.3. The molecule has 2 N–H and O–H groups in total. The summed E-state index contributed by atoms with van der Waals surface area (Å²) in [6.07, 6.45) is 1.91. The summed E-state index contributed by atoms with van der Waals surface area (Å²) in [4.78, 5) is 0. The number of aliphatic hydroxyl groups is 1. The summed E-state index contributed by atoms with van der Waals surface area (Å²) in [5.74, 6) is 0.511. The molecule has 0 aromatic heterocycles. The maximum absolute atomic E-state index is 8.95. The second-order valence-corrected chi connectivity index (χ2v) is 4.65. The molecule has 0 amide bonds. The molecule has 98 valence electrons. The molecule has 0 aliphatic rings. The minimum Gasteiger partial charge on any atom is -0.396 e. The lowest BCUT2D eigenvalue weighted by Crippen LogP contribution is -2.26. The van der Waals surface area contributed by atoms with E-state index in [0.29, 0.717) is 11.5 Å². The molecule has 0 saturated heterocycles. The Bertz CT molecular complexity index is 398. The quantitative estimate of drug-likeness (QED) is 0.777. The zero-order valence-electron chi connectivity index (χ0n) is 11.2. The Morgan fingerprint density at radius 2 is 2.22 bits per heavy atom. The third-order valence-corrected chi connectivity index (χ3v) is 3.34. The summed E-state index contributed by atoms with van der Waals surface area (Å²) in [6.45, 7) is 5.39. The summed E-state index contributed by atoms with van der Waals surface area (Å²) in [7, 11) is 0. The third kappa shape index (κ3) is 4.48. The van der Waals surface area contributed by atoms with E-state index in [4.69, 9.17) is 10.4 Å². The van der Waals surface area contributed by atoms with Crippen molar-refractivity contribution < 1.29 is 5.11 Å². The number of nitrogens with one attached hydrogen (secondary N) is 1. The van der Waals surface area contributed by atoms with Crippen LogP contribution in [0.2, 0.25) is 0 Å². The fraction of sp³-hybridized carbons (Fsp3) is 0.533. The fourth-order valence-corrected chi connectivity index (χ4v) is 1.97. The highest BCUT2D eigenvalue weighted by Crippen LogP contribution is 2.15. The van der Waals surface area contributed by atoms with Gasteiger partial charge in [0.25, 0.3) is 0 Å². The average molecular weight is 246 g/mol. The minimum atomic E-state index is 0.228. The molecule has 0 heterocycles. The molecule has 1 aromatic carbocycles. The second kappa shape index (κ2) is 7.86. The molecule has 0 spiro atoms. The van der Waals surface area contributed by atoms with Gasteiger partial charge in [-0.05, 0) is 43.5 Å². The van der Waals surface area contributed by atoms with E-state index in [0.717, 1.165) is 24.9 Å². The Morgan fingerprint density at radius 3 is 2.83 bits per heavy atom. The van der Waals surface area contributed by atoms with Gasteiger partial charge in [-0.3, -0.25) is 0 Å². The maximum atomic E-state index is 8.95. The monoisotopic (exact) mass is 246 g/mol. The molecule has 3 nitrogen and oxygen atoms in total. The molecule has 0 aliphatic carbocycles. The van der Waals surface area contributed by atoms with E-state index < -0.39 is 0 Å². The Kier molecular flexibility index (Phi) is 6.42. The number of nitrogens with zero attached hydrogens (tertiary/aromatic N) is 1. The number of rotatable bonds is 7. The van der Waals surface area contributed by atoms with Crippen molar-refractivity contribution in [2.75, 3.05) is 13.2 Å². The normalized spacial score (nSPS) is 13.9. The van der Waals surface area contributed by atoms with Crippen LogP contribution in [0, 0.1) is 17.2 Å². The smallest absolute Gasteiger partial charge is 0.0991 e. The van der Waals surface area contributed by atoms with Crippen molar-refractivity contribution in [1.82, 2.24) is 5.32 Å². The van der Waals surface area contributed by atoms with Gasteiger partial charge in [-0.15, -0.1) is 0 Å². The number of hydrogen-bond acceptors (Lipinski definition) is 3. The van der Waals surface area contributed by atoms with Gasteiger partial charge in [0, 0.05) is 12.6 Å². The van der Waals surface area contributed by atoms with Crippen LogP contribution >= 0.6 is 0 Å². The van der Waals surface area contributed by atoms with Crippen LogP contribution in [-0.4, -0.2) is 18.3 Å². The van der Waals surface area contributed by atoms with Gasteiger partial charge in [0.1, 0.15) is 0 Å². The Labute approximate surface area is 109 Å². The van der Waals surface area contributed by atoms with Gasteiger partial charge in [0.2, 0.25) is 0 Å². The first-order valence-electron chi connectivity index (χ1n) is 6.55. The first-order chi connectivity index (χ1) is 8.71. The van der Waals surface area contributed by atoms with Gasteiger partial charge in [-0.2, -0.15) is 5.26 Å². The van der Waals surface area contributed by atoms with Crippen LogP contribution in [0.5, 0.6) is 0 Å². The highest BCUT2D eigenvalue weighted by molar-refractivity contribution is 5.33. The van der Waals surface area contributed by atoms with Crippen LogP contribution in [-0.2, 0) is 0 Å². The van der Waals surface area contributed by atoms with Crippen molar-refractivity contribution >= 4 is 0 Å². The molecular weight excluding hydrogens is 224 g/mol. The van der Waals surface area contributed by atoms with Crippen molar-refractivity contribution in [3.8, 4) is 6.07 Å². The predicted octanol–water partition coefficient (Wildman–Crippen LogP) is 2.62. The molecule has 0 fully saturated rings. The van der Waals surface area contributed by atoms with Gasteiger partial charge in [-0.25, -0.2) is 0 Å². The molecule has 2 unspecified atom stereocenters. The number of hydrogen-bond donors (Lipinski definition) is 2. The van der Waals surface area contributed by atoms with Crippen LogP contribution in [0.3, 0.4) is 0 Å². The minimum absolute atomic E-state index is 0.228. The average Bonchev–Trinajstić information content (AvgIpc) is 2.43. The van der Waals surface area contributed by atoms with Crippen LogP contribution in [0.1, 0.15) is 43.9 Å². The number of benzene rings is 1. The van der Waals surface area contributed by atoms with E-state index in [9.17, 15) is 0 Å². The summed E-state index contributed by atoms with van der Waals surface area (Å²) in [6, 6.07) is 10.1. The molecule has 0 radical (unpaired) electrons. The molecule has 0 aliphatic heterocycles. The molecule has 0 bridgehead atoms. The summed E-state index contributed by atoms with van der Waals surface area (Å²) in [5.41, 5.74) is 1.83.